The summed E-state index contributed by atoms with van der Waals surface area (Å²) in [4.78, 5) is 25.7. The number of likely N-dealkylation sites (N-methyl/N-ethyl adjacent to an activating group) is 1. The summed E-state index contributed by atoms with van der Waals surface area (Å²) in [6, 6.07) is 5.09. The molecule has 3 N–H and O–H groups in total. The van der Waals surface area contributed by atoms with Crippen molar-refractivity contribution in [3.8, 4) is 0 Å². The Morgan fingerprint density at radius 1 is 1.53 bits per heavy atom. The summed E-state index contributed by atoms with van der Waals surface area (Å²) < 4.78 is 4.93. The van der Waals surface area contributed by atoms with Crippen molar-refractivity contribution in [2.45, 2.75) is 12.5 Å². The highest BCUT2D eigenvalue weighted by Gasteiger charge is 2.13. The Hall–Kier alpha value is -2.28. The van der Waals surface area contributed by atoms with Crippen molar-refractivity contribution in [2.24, 2.45) is 0 Å². The van der Waals surface area contributed by atoms with Gasteiger partial charge in [0.2, 0.25) is 0 Å². The first-order valence-electron chi connectivity index (χ1n) is 5.69. The van der Waals surface area contributed by atoms with Crippen LogP contribution in [0.1, 0.15) is 6.42 Å². The summed E-state index contributed by atoms with van der Waals surface area (Å²) in [5.41, 5.74) is 1.73. The summed E-state index contributed by atoms with van der Waals surface area (Å²) in [7, 11) is 1.72. The van der Waals surface area contributed by atoms with Crippen molar-refractivity contribution in [2.75, 3.05) is 18.5 Å². The van der Waals surface area contributed by atoms with Gasteiger partial charge in [-0.25, -0.2) is 4.79 Å². The van der Waals surface area contributed by atoms with E-state index in [-0.39, 0.29) is 13.0 Å². The highest BCUT2D eigenvalue weighted by atomic mass is 16.4. The van der Waals surface area contributed by atoms with E-state index in [1.54, 1.807) is 30.1 Å². The van der Waals surface area contributed by atoms with Crippen LogP contribution < -0.4 is 10.7 Å². The van der Waals surface area contributed by atoms with E-state index in [0.717, 1.165) is 5.69 Å². The number of carboxylic acids is 1. The van der Waals surface area contributed by atoms with Crippen LogP contribution in [0.2, 0.25) is 0 Å². The number of H-pyrrole nitrogens is 1. The number of aromatic amines is 1. The van der Waals surface area contributed by atoms with Gasteiger partial charge in [0.05, 0.1) is 18.0 Å². The van der Waals surface area contributed by atoms with E-state index in [9.17, 15) is 14.7 Å². The van der Waals surface area contributed by atoms with Gasteiger partial charge in [-0.05, 0) is 12.1 Å². The van der Waals surface area contributed by atoms with Gasteiger partial charge in [0.1, 0.15) is 0 Å². The molecule has 0 radical (unpaired) electrons. The number of anilines is 1. The molecule has 0 amide bonds. The maximum absolute atomic E-state index is 11.0. The molecule has 0 spiro atoms. The summed E-state index contributed by atoms with van der Waals surface area (Å²) in [6.07, 6.45) is -1.28. The molecule has 102 valence electrons. The number of benzene rings is 1. The summed E-state index contributed by atoms with van der Waals surface area (Å²) in [5, 5.41) is 18.1. The van der Waals surface area contributed by atoms with E-state index in [1.807, 2.05) is 0 Å². The Balaban J connectivity index is 2.14. The van der Waals surface area contributed by atoms with E-state index in [0.29, 0.717) is 11.1 Å². The second kappa shape index (κ2) is 5.15. The number of oxazole rings is 1. The number of aliphatic hydroxyl groups is 1. The van der Waals surface area contributed by atoms with Crippen molar-refractivity contribution in [1.29, 1.82) is 0 Å². The molecule has 2 aromatic rings. The predicted octanol–water partition coefficient (Wildman–Crippen LogP) is 0.393. The largest absolute Gasteiger partial charge is 0.481 e. The van der Waals surface area contributed by atoms with Crippen LogP contribution in [0.3, 0.4) is 0 Å². The summed E-state index contributed by atoms with van der Waals surface area (Å²) in [5.74, 6) is -1.58. The Kier molecular flexibility index (Phi) is 3.57. The maximum atomic E-state index is 11.0. The van der Waals surface area contributed by atoms with Gasteiger partial charge in [0.15, 0.2) is 5.58 Å². The second-order valence-corrected chi connectivity index (χ2v) is 4.33. The highest BCUT2D eigenvalue weighted by molar-refractivity contribution is 5.77. The second-order valence-electron chi connectivity index (χ2n) is 4.33. The molecule has 1 aromatic heterocycles. The first-order chi connectivity index (χ1) is 8.95. The number of nitrogens with zero attached hydrogens (tertiary/aromatic N) is 1. The molecule has 0 saturated heterocycles. The normalized spacial score (nSPS) is 12.5. The van der Waals surface area contributed by atoms with Gasteiger partial charge in [-0.2, -0.15) is 0 Å². The fourth-order valence-corrected chi connectivity index (χ4v) is 1.86. The SMILES string of the molecule is CN(CC(O)CC(=O)O)c1ccc2[nH]c(=O)oc2c1. The Morgan fingerprint density at radius 2 is 2.26 bits per heavy atom. The molecule has 19 heavy (non-hydrogen) atoms. The van der Waals surface area contributed by atoms with E-state index < -0.39 is 17.8 Å². The van der Waals surface area contributed by atoms with Crippen LogP contribution in [0.5, 0.6) is 0 Å². The molecule has 1 heterocycles. The van der Waals surface area contributed by atoms with Gasteiger partial charge < -0.3 is 19.5 Å². The van der Waals surface area contributed by atoms with Crippen LogP contribution in [0.25, 0.3) is 11.1 Å². The molecule has 0 bridgehead atoms. The molecule has 0 fully saturated rings. The van der Waals surface area contributed by atoms with Crippen LogP contribution in [0.4, 0.5) is 5.69 Å². The molecule has 1 atom stereocenters. The zero-order valence-electron chi connectivity index (χ0n) is 10.3. The lowest BCUT2D eigenvalue weighted by Gasteiger charge is -2.21. The van der Waals surface area contributed by atoms with Crippen LogP contribution >= 0.6 is 0 Å². The van der Waals surface area contributed by atoms with Crippen LogP contribution in [-0.4, -0.2) is 40.9 Å². The minimum atomic E-state index is -1.05. The molecule has 0 aliphatic heterocycles. The quantitative estimate of drug-likeness (QED) is 0.722. The number of hydrogen-bond acceptors (Lipinski definition) is 5. The Labute approximate surface area is 108 Å². The van der Waals surface area contributed by atoms with Gasteiger partial charge in [-0.1, -0.05) is 0 Å². The zero-order chi connectivity index (χ0) is 14.0. The van der Waals surface area contributed by atoms with Crippen molar-refractivity contribution in [3.05, 3.63) is 28.7 Å². The minimum absolute atomic E-state index is 0.173. The average Bonchev–Trinajstić information content (AvgIpc) is 2.66. The molecule has 7 nitrogen and oxygen atoms in total. The van der Waals surface area contributed by atoms with Crippen molar-refractivity contribution >= 4 is 22.8 Å². The number of rotatable bonds is 5. The molecule has 1 aromatic carbocycles. The number of fused-ring (bicyclic) bond motifs is 1. The number of aliphatic carboxylic acids is 1. The molecular formula is C12H14N2O5. The number of aliphatic hydroxyl groups excluding tert-OH is 1. The van der Waals surface area contributed by atoms with Crippen molar-refractivity contribution in [1.82, 2.24) is 4.98 Å². The van der Waals surface area contributed by atoms with Crippen LogP contribution in [0, 0.1) is 0 Å². The number of carboxylic acid groups (broad SMARTS) is 1. The van der Waals surface area contributed by atoms with E-state index in [2.05, 4.69) is 4.98 Å². The summed E-state index contributed by atoms with van der Waals surface area (Å²) in [6.45, 7) is 0.173. The third-order valence-corrected chi connectivity index (χ3v) is 2.74. The Bertz CT molecular complexity index is 645. The average molecular weight is 266 g/mol. The highest BCUT2D eigenvalue weighted by Crippen LogP contribution is 2.19. The van der Waals surface area contributed by atoms with E-state index >= 15 is 0 Å². The molecule has 1 unspecified atom stereocenters. The van der Waals surface area contributed by atoms with E-state index in [1.165, 1.54) is 0 Å². The molecule has 0 aliphatic rings. The van der Waals surface area contributed by atoms with Crippen LogP contribution in [0.15, 0.2) is 27.4 Å². The monoisotopic (exact) mass is 266 g/mol. The molecule has 0 aliphatic carbocycles. The fraction of sp³-hybridized carbons (Fsp3) is 0.333. The first-order valence-corrected chi connectivity index (χ1v) is 5.69. The summed E-state index contributed by atoms with van der Waals surface area (Å²) >= 11 is 0. The Morgan fingerprint density at radius 3 is 2.95 bits per heavy atom. The topological polar surface area (TPSA) is 107 Å². The maximum Gasteiger partial charge on any atom is 0.417 e. The van der Waals surface area contributed by atoms with Gasteiger partial charge >= 0.3 is 11.7 Å². The zero-order valence-corrected chi connectivity index (χ0v) is 10.3. The third-order valence-electron chi connectivity index (χ3n) is 2.74. The standard InChI is InChI=1S/C12H14N2O5/c1-14(6-8(15)5-11(16)17)7-2-3-9-10(4-7)19-12(18)13-9/h2-4,8,15H,5-6H2,1H3,(H,13,18)(H,16,17). The smallest absolute Gasteiger partial charge is 0.417 e. The number of carbonyl (C=O) groups is 1. The number of nitrogens with one attached hydrogen (secondary N) is 1. The third kappa shape index (κ3) is 3.14. The molecule has 7 heteroatoms. The van der Waals surface area contributed by atoms with Crippen molar-refractivity contribution in [3.63, 3.8) is 0 Å². The lowest BCUT2D eigenvalue weighted by atomic mass is 10.2. The van der Waals surface area contributed by atoms with Gasteiger partial charge in [-0.15, -0.1) is 0 Å². The molecule has 0 saturated carbocycles. The van der Waals surface area contributed by atoms with Crippen LogP contribution in [-0.2, 0) is 4.79 Å². The molecule has 2 rings (SSSR count). The van der Waals surface area contributed by atoms with Gasteiger partial charge in [-0.3, -0.25) is 9.78 Å². The lowest BCUT2D eigenvalue weighted by molar-refractivity contribution is -0.139. The number of hydrogen-bond donors (Lipinski definition) is 3. The number of aromatic nitrogens is 1. The fourth-order valence-electron chi connectivity index (χ4n) is 1.86. The minimum Gasteiger partial charge on any atom is -0.481 e. The van der Waals surface area contributed by atoms with Gasteiger partial charge in [0, 0.05) is 25.3 Å². The lowest BCUT2D eigenvalue weighted by Crippen LogP contribution is -2.30. The molecular weight excluding hydrogens is 252 g/mol. The predicted molar refractivity (Wildman–Crippen MR) is 68.4 cm³/mol. The van der Waals surface area contributed by atoms with Gasteiger partial charge in [0.25, 0.3) is 0 Å². The van der Waals surface area contributed by atoms with E-state index in [4.69, 9.17) is 9.52 Å². The first kappa shape index (κ1) is 13.2. The van der Waals surface area contributed by atoms with Crippen molar-refractivity contribution < 1.29 is 19.4 Å².